The lowest BCUT2D eigenvalue weighted by Crippen LogP contribution is -2.28. The maximum absolute atomic E-state index is 14.0. The highest BCUT2D eigenvalue weighted by molar-refractivity contribution is 8.19. The van der Waals surface area contributed by atoms with Gasteiger partial charge in [0.25, 0.3) is 5.91 Å². The second-order valence-electron chi connectivity index (χ2n) is 10.5. The van der Waals surface area contributed by atoms with Crippen LogP contribution in [0.4, 0.5) is 11.4 Å². The lowest BCUT2D eigenvalue weighted by molar-refractivity contribution is -0.113. The summed E-state index contributed by atoms with van der Waals surface area (Å²) < 4.78 is 12.0. The van der Waals surface area contributed by atoms with Gasteiger partial charge >= 0.3 is 0 Å². The van der Waals surface area contributed by atoms with E-state index in [2.05, 4.69) is 25.6 Å². The molecule has 0 N–H and O–H groups in total. The SMILES string of the molecule is C=CCc1cc(/C=C2/SC(=Nc3ccc(C)c(Cl)c3)N(c3ccc(C)c(Cl)c3)C2=O)cc(OC)c1OCc1ccc(C)cc1. The second kappa shape index (κ2) is 13.8. The van der Waals surface area contributed by atoms with Crippen LogP contribution in [0.5, 0.6) is 11.5 Å². The minimum atomic E-state index is -0.212. The number of carbonyl (C=O) groups excluding carboxylic acids is 1. The molecule has 0 aliphatic carbocycles. The molecular weight excluding hydrogens is 611 g/mol. The molecule has 1 saturated heterocycles. The first kappa shape index (κ1) is 31.5. The zero-order valence-electron chi connectivity index (χ0n) is 25.0. The molecule has 1 fully saturated rings. The number of halogens is 2. The van der Waals surface area contributed by atoms with E-state index in [1.54, 1.807) is 24.1 Å². The van der Waals surface area contributed by atoms with Gasteiger partial charge in [0.1, 0.15) is 6.61 Å². The number of amidine groups is 1. The molecule has 0 spiro atoms. The summed E-state index contributed by atoms with van der Waals surface area (Å²) in [5.41, 5.74) is 7.08. The summed E-state index contributed by atoms with van der Waals surface area (Å²) in [5.74, 6) is 1.01. The molecule has 4 aromatic rings. The molecule has 0 aromatic heterocycles. The Hall–Kier alpha value is -3.97. The molecule has 0 bridgehead atoms. The van der Waals surface area contributed by atoms with Gasteiger partial charge in [-0.15, -0.1) is 6.58 Å². The van der Waals surface area contributed by atoms with Gasteiger partial charge in [-0.3, -0.25) is 9.69 Å². The molecule has 224 valence electrons. The van der Waals surface area contributed by atoms with Crippen LogP contribution < -0.4 is 14.4 Å². The summed E-state index contributed by atoms with van der Waals surface area (Å²) in [6, 6.07) is 23.2. The van der Waals surface area contributed by atoms with E-state index >= 15 is 0 Å². The molecule has 4 aromatic carbocycles. The van der Waals surface area contributed by atoms with Crippen molar-refractivity contribution in [3.05, 3.63) is 134 Å². The number of hydrogen-bond acceptors (Lipinski definition) is 5. The van der Waals surface area contributed by atoms with Gasteiger partial charge in [-0.1, -0.05) is 71.2 Å². The zero-order chi connectivity index (χ0) is 31.4. The van der Waals surface area contributed by atoms with Gasteiger partial charge in [-0.2, -0.15) is 0 Å². The highest BCUT2D eigenvalue weighted by Gasteiger charge is 2.35. The molecule has 44 heavy (non-hydrogen) atoms. The van der Waals surface area contributed by atoms with Crippen LogP contribution in [0, 0.1) is 20.8 Å². The number of ether oxygens (including phenoxy) is 2. The molecule has 0 radical (unpaired) electrons. The van der Waals surface area contributed by atoms with E-state index in [-0.39, 0.29) is 5.91 Å². The van der Waals surface area contributed by atoms with E-state index in [0.29, 0.717) is 56.0 Å². The molecule has 1 aliphatic rings. The summed E-state index contributed by atoms with van der Waals surface area (Å²) in [6.07, 6.45) is 4.23. The summed E-state index contributed by atoms with van der Waals surface area (Å²) in [6.45, 7) is 10.2. The molecule has 1 aliphatic heterocycles. The molecule has 8 heteroatoms. The van der Waals surface area contributed by atoms with Crippen LogP contribution in [-0.2, 0) is 17.8 Å². The van der Waals surface area contributed by atoms with E-state index in [4.69, 9.17) is 37.7 Å². The molecular formula is C36H32Cl2N2O3S. The molecule has 1 heterocycles. The van der Waals surface area contributed by atoms with Gasteiger partial charge in [-0.05, 0) is 104 Å². The number of nitrogens with zero attached hydrogens (tertiary/aromatic N) is 2. The third-order valence-corrected chi connectivity index (χ3v) is 8.92. The van der Waals surface area contributed by atoms with Crippen molar-refractivity contribution in [2.75, 3.05) is 12.0 Å². The summed E-state index contributed by atoms with van der Waals surface area (Å²) in [7, 11) is 1.61. The van der Waals surface area contributed by atoms with Crippen LogP contribution in [0.15, 0.2) is 95.3 Å². The lowest BCUT2D eigenvalue weighted by atomic mass is 10.0. The molecule has 1 amide bonds. The molecule has 0 saturated carbocycles. The number of benzene rings is 4. The number of carbonyl (C=O) groups is 1. The molecule has 0 atom stereocenters. The monoisotopic (exact) mass is 642 g/mol. The minimum Gasteiger partial charge on any atom is -0.493 e. The highest BCUT2D eigenvalue weighted by atomic mass is 35.5. The maximum Gasteiger partial charge on any atom is 0.271 e. The first-order valence-electron chi connectivity index (χ1n) is 14.0. The first-order chi connectivity index (χ1) is 21.2. The van der Waals surface area contributed by atoms with Gasteiger partial charge in [0.15, 0.2) is 16.7 Å². The standard InChI is InChI=1S/C36H32Cl2N2O3S/c1-6-7-27-16-26(17-32(42-5)34(27)43-21-25-12-8-22(2)9-13-25)18-33-35(41)40(29-15-11-24(4)31(38)20-29)36(44-33)39-28-14-10-23(3)30(37)19-28/h6,8-20H,1,7,21H2,2-5H3/b33-18+,39-36?. The highest BCUT2D eigenvalue weighted by Crippen LogP contribution is 2.41. The van der Waals surface area contributed by atoms with Crippen molar-refractivity contribution >= 4 is 63.5 Å². The van der Waals surface area contributed by atoms with Crippen LogP contribution >= 0.6 is 35.0 Å². The Kier molecular flexibility index (Phi) is 9.84. The van der Waals surface area contributed by atoms with E-state index < -0.39 is 0 Å². The van der Waals surface area contributed by atoms with Crippen LogP contribution in [-0.4, -0.2) is 18.2 Å². The van der Waals surface area contributed by atoms with E-state index in [1.165, 1.54) is 17.3 Å². The quantitative estimate of drug-likeness (QED) is 0.135. The Balaban J connectivity index is 1.53. The fraction of sp³-hybridized carbons (Fsp3) is 0.167. The summed E-state index contributed by atoms with van der Waals surface area (Å²) in [5, 5.41) is 1.67. The fourth-order valence-electron chi connectivity index (χ4n) is 4.64. The number of aliphatic imine (C=N–C) groups is 1. The number of anilines is 1. The van der Waals surface area contributed by atoms with Crippen molar-refractivity contribution in [3.63, 3.8) is 0 Å². The van der Waals surface area contributed by atoms with E-state index in [0.717, 1.165) is 27.8 Å². The zero-order valence-corrected chi connectivity index (χ0v) is 27.3. The van der Waals surface area contributed by atoms with E-state index in [1.807, 2.05) is 74.5 Å². The van der Waals surface area contributed by atoms with Gasteiger partial charge in [0, 0.05) is 15.6 Å². The second-order valence-corrected chi connectivity index (χ2v) is 12.3. The van der Waals surface area contributed by atoms with Crippen LogP contribution in [0.25, 0.3) is 6.08 Å². The van der Waals surface area contributed by atoms with Crippen LogP contribution in [0.2, 0.25) is 10.0 Å². The number of methoxy groups -OCH3 is 1. The smallest absolute Gasteiger partial charge is 0.271 e. The van der Waals surface area contributed by atoms with Crippen molar-refractivity contribution in [2.45, 2.75) is 33.8 Å². The van der Waals surface area contributed by atoms with Crippen molar-refractivity contribution in [1.82, 2.24) is 0 Å². The van der Waals surface area contributed by atoms with Crippen molar-refractivity contribution in [1.29, 1.82) is 0 Å². The van der Waals surface area contributed by atoms with Gasteiger partial charge < -0.3 is 9.47 Å². The van der Waals surface area contributed by atoms with Crippen molar-refractivity contribution in [2.24, 2.45) is 4.99 Å². The van der Waals surface area contributed by atoms with Gasteiger partial charge in [0.2, 0.25) is 0 Å². The Morgan fingerprint density at radius 1 is 0.932 bits per heavy atom. The number of rotatable bonds is 9. The number of allylic oxidation sites excluding steroid dienone is 1. The Morgan fingerprint density at radius 3 is 2.30 bits per heavy atom. The number of thioether (sulfide) groups is 1. The molecule has 0 unspecified atom stereocenters. The summed E-state index contributed by atoms with van der Waals surface area (Å²) in [4.78, 5) is 20.9. The fourth-order valence-corrected chi connectivity index (χ4v) is 5.99. The lowest BCUT2D eigenvalue weighted by Gasteiger charge is -2.17. The van der Waals surface area contributed by atoms with Crippen molar-refractivity contribution in [3.8, 4) is 11.5 Å². The Labute approximate surface area is 272 Å². The maximum atomic E-state index is 14.0. The van der Waals surface area contributed by atoms with Gasteiger partial charge in [0.05, 0.1) is 23.4 Å². The minimum absolute atomic E-state index is 0.212. The third kappa shape index (κ3) is 7.05. The van der Waals surface area contributed by atoms with Crippen LogP contribution in [0.1, 0.15) is 33.4 Å². The summed E-state index contributed by atoms with van der Waals surface area (Å²) >= 11 is 14.1. The first-order valence-corrected chi connectivity index (χ1v) is 15.6. The predicted octanol–water partition coefficient (Wildman–Crippen LogP) is 10.0. The Morgan fingerprint density at radius 2 is 1.64 bits per heavy atom. The third-order valence-electron chi connectivity index (χ3n) is 7.14. The number of aryl methyl sites for hydroxylation is 3. The van der Waals surface area contributed by atoms with Gasteiger partial charge in [-0.25, -0.2) is 4.99 Å². The Bertz CT molecular complexity index is 1800. The van der Waals surface area contributed by atoms with Crippen molar-refractivity contribution < 1.29 is 14.3 Å². The van der Waals surface area contributed by atoms with Crippen LogP contribution in [0.3, 0.4) is 0 Å². The predicted molar refractivity (Wildman–Crippen MR) is 185 cm³/mol. The largest absolute Gasteiger partial charge is 0.493 e. The molecule has 5 nitrogen and oxygen atoms in total. The number of amides is 1. The average Bonchev–Trinajstić information content (AvgIpc) is 3.30. The van der Waals surface area contributed by atoms with E-state index in [9.17, 15) is 4.79 Å². The number of hydrogen-bond donors (Lipinski definition) is 0. The molecule has 5 rings (SSSR count). The topological polar surface area (TPSA) is 51.1 Å². The average molecular weight is 644 g/mol. The normalized spacial score (nSPS) is 14.9.